The Morgan fingerprint density at radius 2 is 1.92 bits per heavy atom. The van der Waals surface area contributed by atoms with E-state index in [4.69, 9.17) is 4.52 Å². The Morgan fingerprint density at radius 3 is 2.50 bits per heavy atom. The highest BCUT2D eigenvalue weighted by molar-refractivity contribution is 5.96. The summed E-state index contributed by atoms with van der Waals surface area (Å²) < 4.78 is 44.3. The second kappa shape index (κ2) is 5.92. The fraction of sp³-hybridized carbons (Fsp3) is 0.438. The zero-order valence-corrected chi connectivity index (χ0v) is 13.0. The number of alkyl halides is 3. The molecule has 8 heteroatoms. The van der Waals surface area contributed by atoms with Crippen LogP contribution in [-0.4, -0.2) is 16.0 Å². The molecule has 0 saturated heterocycles. The number of nitrogens with zero attached hydrogens (tertiary/aromatic N) is 2. The first-order chi connectivity index (χ1) is 11.3. The van der Waals surface area contributed by atoms with Crippen molar-refractivity contribution in [2.24, 2.45) is 0 Å². The molecule has 1 aromatic heterocycles. The third-order valence-corrected chi connectivity index (χ3v) is 4.24. The average Bonchev–Trinajstić information content (AvgIpc) is 3.16. The summed E-state index contributed by atoms with van der Waals surface area (Å²) >= 11 is 0. The third-order valence-electron chi connectivity index (χ3n) is 4.24. The molecule has 128 valence electrons. The summed E-state index contributed by atoms with van der Waals surface area (Å²) in [5.74, 6) is -0.121. The fourth-order valence-corrected chi connectivity index (χ4v) is 3.09. The number of aromatic nitrogens is 2. The van der Waals surface area contributed by atoms with Crippen molar-refractivity contribution in [2.75, 3.05) is 0 Å². The van der Waals surface area contributed by atoms with Crippen LogP contribution in [0.4, 0.5) is 13.2 Å². The van der Waals surface area contributed by atoms with Crippen molar-refractivity contribution >= 4 is 5.91 Å². The predicted octanol–water partition coefficient (Wildman–Crippen LogP) is 3.60. The summed E-state index contributed by atoms with van der Waals surface area (Å²) in [6.45, 7) is 1.62. The van der Waals surface area contributed by atoms with E-state index in [-0.39, 0.29) is 0 Å². The molecule has 1 aliphatic rings. The molecule has 24 heavy (non-hydrogen) atoms. The van der Waals surface area contributed by atoms with Crippen molar-refractivity contribution in [3.05, 3.63) is 47.1 Å². The maximum atomic E-state index is 13.1. The van der Waals surface area contributed by atoms with Crippen molar-refractivity contribution < 1.29 is 22.5 Å². The molecule has 0 bridgehead atoms. The minimum Gasteiger partial charge on any atom is -0.340 e. The van der Waals surface area contributed by atoms with Crippen molar-refractivity contribution in [1.82, 2.24) is 15.5 Å². The minimum absolute atomic E-state index is 0.315. The van der Waals surface area contributed by atoms with Crippen molar-refractivity contribution in [2.45, 2.75) is 44.3 Å². The van der Waals surface area contributed by atoms with Crippen LogP contribution >= 0.6 is 0 Å². The number of aryl methyl sites for hydroxylation is 1. The Labute approximate surface area is 136 Å². The summed E-state index contributed by atoms with van der Waals surface area (Å²) in [7, 11) is 0. The summed E-state index contributed by atoms with van der Waals surface area (Å²) in [6.07, 6.45) is -1.82. The van der Waals surface area contributed by atoms with Crippen LogP contribution in [0.3, 0.4) is 0 Å². The first-order valence-electron chi connectivity index (χ1n) is 7.61. The molecular formula is C16H16F3N3O2. The first kappa shape index (κ1) is 16.5. The maximum Gasteiger partial charge on any atom is 0.417 e. The zero-order chi connectivity index (χ0) is 17.4. The molecule has 1 saturated carbocycles. The molecule has 1 N–H and O–H groups in total. The Kier molecular flexibility index (Phi) is 4.06. The molecule has 0 spiro atoms. The minimum atomic E-state index is -4.60. The number of benzene rings is 1. The number of hydrogen-bond donors (Lipinski definition) is 1. The van der Waals surface area contributed by atoms with Gasteiger partial charge in [0, 0.05) is 6.92 Å². The number of carbonyl (C=O) groups excluding carboxylic acids is 1. The van der Waals surface area contributed by atoms with E-state index in [1.165, 1.54) is 18.2 Å². The molecule has 0 atom stereocenters. The number of carbonyl (C=O) groups is 1. The van der Waals surface area contributed by atoms with Crippen LogP contribution in [0.15, 0.2) is 28.8 Å². The van der Waals surface area contributed by atoms with E-state index in [9.17, 15) is 18.0 Å². The highest BCUT2D eigenvalue weighted by Gasteiger charge is 2.43. The molecule has 5 nitrogen and oxygen atoms in total. The van der Waals surface area contributed by atoms with Gasteiger partial charge >= 0.3 is 6.18 Å². The van der Waals surface area contributed by atoms with E-state index in [1.807, 2.05) is 0 Å². The Bertz CT molecular complexity index is 749. The molecule has 1 fully saturated rings. The molecule has 1 aliphatic carbocycles. The van der Waals surface area contributed by atoms with Crippen molar-refractivity contribution in [3.8, 4) is 0 Å². The smallest absolute Gasteiger partial charge is 0.340 e. The summed E-state index contributed by atoms with van der Waals surface area (Å²) in [5.41, 5.74) is -2.25. The first-order valence-corrected chi connectivity index (χ1v) is 7.61. The van der Waals surface area contributed by atoms with Crippen LogP contribution < -0.4 is 5.32 Å². The van der Waals surface area contributed by atoms with Crippen LogP contribution in [0.25, 0.3) is 0 Å². The van der Waals surface area contributed by atoms with Gasteiger partial charge in [0.2, 0.25) is 5.89 Å². The zero-order valence-electron chi connectivity index (χ0n) is 13.0. The summed E-state index contributed by atoms with van der Waals surface area (Å²) in [5, 5.41) is 6.59. The van der Waals surface area contributed by atoms with E-state index >= 15 is 0 Å². The van der Waals surface area contributed by atoms with E-state index in [0.29, 0.717) is 24.6 Å². The monoisotopic (exact) mass is 339 g/mol. The lowest BCUT2D eigenvalue weighted by Gasteiger charge is -2.27. The molecule has 2 aromatic rings. The van der Waals surface area contributed by atoms with Gasteiger partial charge in [0.05, 0.1) is 11.1 Å². The third kappa shape index (κ3) is 3.00. The lowest BCUT2D eigenvalue weighted by Crippen LogP contribution is -2.45. The average molecular weight is 339 g/mol. The fourth-order valence-electron chi connectivity index (χ4n) is 3.09. The van der Waals surface area contributed by atoms with Crippen LogP contribution in [0.1, 0.15) is 53.3 Å². The molecule has 3 rings (SSSR count). The molecule has 1 amide bonds. The Balaban J connectivity index is 1.94. The standard InChI is InChI=1S/C16H16F3N3O2/c1-10-20-14(22-24-10)15(8-4-5-9-15)21-13(23)11-6-2-3-7-12(11)16(17,18)19/h2-3,6-7H,4-5,8-9H2,1H3,(H,21,23). The molecule has 0 radical (unpaired) electrons. The van der Waals surface area contributed by atoms with Gasteiger partial charge in [-0.2, -0.15) is 18.2 Å². The molecule has 0 aliphatic heterocycles. The molecule has 0 unspecified atom stereocenters. The van der Waals surface area contributed by atoms with Gasteiger partial charge in [-0.15, -0.1) is 0 Å². The van der Waals surface area contributed by atoms with Crippen LogP contribution in [0, 0.1) is 6.92 Å². The Hall–Kier alpha value is -2.38. The lowest BCUT2D eigenvalue weighted by molar-refractivity contribution is -0.138. The molecule has 1 heterocycles. The summed E-state index contributed by atoms with van der Waals surface area (Å²) in [4.78, 5) is 16.7. The van der Waals surface area contributed by atoms with Gasteiger partial charge in [-0.1, -0.05) is 30.1 Å². The van der Waals surface area contributed by atoms with E-state index in [1.54, 1.807) is 6.92 Å². The lowest BCUT2D eigenvalue weighted by atomic mass is 9.95. The van der Waals surface area contributed by atoms with Crippen molar-refractivity contribution in [3.63, 3.8) is 0 Å². The van der Waals surface area contributed by atoms with Gasteiger partial charge in [-0.3, -0.25) is 4.79 Å². The van der Waals surface area contributed by atoms with Gasteiger partial charge in [0.1, 0.15) is 5.54 Å². The topological polar surface area (TPSA) is 68.0 Å². The number of halogens is 3. The van der Waals surface area contributed by atoms with E-state index in [2.05, 4.69) is 15.5 Å². The SMILES string of the molecule is Cc1nc(C2(NC(=O)c3ccccc3C(F)(F)F)CCCC2)no1. The van der Waals surface area contributed by atoms with Crippen LogP contribution in [0.2, 0.25) is 0 Å². The number of hydrogen-bond acceptors (Lipinski definition) is 4. The number of nitrogens with one attached hydrogen (secondary N) is 1. The van der Waals surface area contributed by atoms with Crippen LogP contribution in [-0.2, 0) is 11.7 Å². The van der Waals surface area contributed by atoms with Gasteiger partial charge in [-0.05, 0) is 25.0 Å². The Morgan fingerprint density at radius 1 is 1.25 bits per heavy atom. The molecular weight excluding hydrogens is 323 g/mol. The number of rotatable bonds is 3. The maximum absolute atomic E-state index is 13.1. The van der Waals surface area contributed by atoms with Crippen molar-refractivity contribution in [1.29, 1.82) is 0 Å². The normalized spacial score (nSPS) is 17.0. The van der Waals surface area contributed by atoms with Gasteiger partial charge < -0.3 is 9.84 Å². The number of amides is 1. The second-order valence-electron chi connectivity index (χ2n) is 5.92. The van der Waals surface area contributed by atoms with Gasteiger partial charge in [0.15, 0.2) is 5.82 Å². The quantitative estimate of drug-likeness (QED) is 0.928. The largest absolute Gasteiger partial charge is 0.417 e. The highest BCUT2D eigenvalue weighted by Crippen LogP contribution is 2.38. The predicted molar refractivity (Wildman–Crippen MR) is 78.1 cm³/mol. The molecule has 1 aromatic carbocycles. The summed E-state index contributed by atoms with van der Waals surface area (Å²) in [6, 6.07) is 4.73. The highest BCUT2D eigenvalue weighted by atomic mass is 19.4. The van der Waals surface area contributed by atoms with E-state index < -0.39 is 28.7 Å². The van der Waals surface area contributed by atoms with E-state index in [0.717, 1.165) is 18.9 Å². The van der Waals surface area contributed by atoms with Gasteiger partial charge in [0.25, 0.3) is 5.91 Å². The van der Waals surface area contributed by atoms with Crippen LogP contribution in [0.5, 0.6) is 0 Å². The second-order valence-corrected chi connectivity index (χ2v) is 5.92. The van der Waals surface area contributed by atoms with Gasteiger partial charge in [-0.25, -0.2) is 0 Å².